The number of rotatable bonds is 2. The first-order valence-electron chi connectivity index (χ1n) is 4.72. The van der Waals surface area contributed by atoms with Crippen LogP contribution in [0.2, 0.25) is 0 Å². The average Bonchev–Trinajstić information content (AvgIpc) is 2.62. The second kappa shape index (κ2) is 2.95. The number of hydrogen-bond donors (Lipinski definition) is 1. The van der Waals surface area contributed by atoms with E-state index in [2.05, 4.69) is 0 Å². The molecular weight excluding hydrogens is 160 g/mol. The number of halogens is 2. The van der Waals surface area contributed by atoms with Gasteiger partial charge in [0, 0.05) is 0 Å². The Morgan fingerprint density at radius 1 is 1.17 bits per heavy atom. The summed E-state index contributed by atoms with van der Waals surface area (Å²) in [6, 6.07) is -0.861. The minimum Gasteiger partial charge on any atom is -0.323 e. The van der Waals surface area contributed by atoms with Crippen LogP contribution in [0.15, 0.2) is 0 Å². The first-order valence-corrected chi connectivity index (χ1v) is 4.72. The largest absolute Gasteiger partial charge is 0.323 e. The van der Waals surface area contributed by atoms with E-state index in [1.807, 2.05) is 0 Å². The maximum absolute atomic E-state index is 12.3. The van der Waals surface area contributed by atoms with Gasteiger partial charge in [-0.1, -0.05) is 6.42 Å². The highest BCUT2D eigenvalue weighted by molar-refractivity contribution is 4.94. The van der Waals surface area contributed by atoms with Crippen LogP contribution in [-0.2, 0) is 0 Å². The molecule has 70 valence electrons. The molecular formula is C9H15F2N. The van der Waals surface area contributed by atoms with E-state index in [1.165, 1.54) is 6.42 Å². The Labute approximate surface area is 71.3 Å². The van der Waals surface area contributed by atoms with Crippen molar-refractivity contribution < 1.29 is 8.78 Å². The van der Waals surface area contributed by atoms with Crippen LogP contribution in [0.4, 0.5) is 8.78 Å². The van der Waals surface area contributed by atoms with E-state index in [4.69, 9.17) is 5.73 Å². The zero-order valence-corrected chi connectivity index (χ0v) is 7.05. The number of alkyl halides is 2. The van der Waals surface area contributed by atoms with Gasteiger partial charge in [0.1, 0.15) is 0 Å². The molecule has 0 aromatic heterocycles. The Morgan fingerprint density at radius 2 is 1.92 bits per heavy atom. The molecule has 2 saturated carbocycles. The molecule has 0 heterocycles. The van der Waals surface area contributed by atoms with Gasteiger partial charge in [-0.05, 0) is 37.0 Å². The third kappa shape index (κ3) is 1.24. The van der Waals surface area contributed by atoms with E-state index in [0.29, 0.717) is 11.8 Å². The summed E-state index contributed by atoms with van der Waals surface area (Å²) >= 11 is 0. The Kier molecular flexibility index (Phi) is 2.07. The lowest BCUT2D eigenvalue weighted by atomic mass is 9.84. The van der Waals surface area contributed by atoms with Crippen molar-refractivity contribution in [1.29, 1.82) is 0 Å². The monoisotopic (exact) mass is 175 g/mol. The van der Waals surface area contributed by atoms with Gasteiger partial charge in [-0.2, -0.15) is 0 Å². The molecule has 0 aliphatic heterocycles. The van der Waals surface area contributed by atoms with Crippen LogP contribution >= 0.6 is 0 Å². The van der Waals surface area contributed by atoms with Gasteiger partial charge in [0.05, 0.1) is 6.04 Å². The van der Waals surface area contributed by atoms with Gasteiger partial charge >= 0.3 is 0 Å². The molecule has 2 rings (SSSR count). The number of nitrogens with two attached hydrogens (primary N) is 1. The molecule has 0 radical (unpaired) electrons. The predicted molar refractivity (Wildman–Crippen MR) is 42.9 cm³/mol. The van der Waals surface area contributed by atoms with Crippen LogP contribution < -0.4 is 5.73 Å². The molecule has 0 amide bonds. The lowest BCUT2D eigenvalue weighted by Gasteiger charge is -2.26. The average molecular weight is 175 g/mol. The Balaban J connectivity index is 1.97. The Bertz CT molecular complexity index is 172. The summed E-state index contributed by atoms with van der Waals surface area (Å²) in [5.74, 6) is 1.34. The van der Waals surface area contributed by atoms with Gasteiger partial charge in [0.25, 0.3) is 6.43 Å². The fraction of sp³-hybridized carbons (Fsp3) is 1.00. The molecule has 4 atom stereocenters. The zero-order chi connectivity index (χ0) is 8.72. The van der Waals surface area contributed by atoms with Crippen molar-refractivity contribution in [2.75, 3.05) is 0 Å². The topological polar surface area (TPSA) is 26.0 Å². The van der Waals surface area contributed by atoms with Gasteiger partial charge in [-0.3, -0.25) is 0 Å². The van der Waals surface area contributed by atoms with Crippen LogP contribution in [0.3, 0.4) is 0 Å². The fourth-order valence-electron chi connectivity index (χ4n) is 2.95. The van der Waals surface area contributed by atoms with Gasteiger partial charge in [-0.15, -0.1) is 0 Å². The third-order valence-corrected chi connectivity index (χ3v) is 3.58. The van der Waals surface area contributed by atoms with Crippen LogP contribution in [0.5, 0.6) is 0 Å². The standard InChI is InChI=1S/C9H15F2N/c10-9(11)8(12)7-4-5-1-2-6(7)3-5/h5-9H,1-4,12H2. The van der Waals surface area contributed by atoms with Gasteiger partial charge in [0.2, 0.25) is 0 Å². The third-order valence-electron chi connectivity index (χ3n) is 3.58. The first kappa shape index (κ1) is 8.42. The number of fused-ring (bicyclic) bond motifs is 2. The number of hydrogen-bond acceptors (Lipinski definition) is 1. The maximum Gasteiger partial charge on any atom is 0.253 e. The minimum atomic E-state index is -2.32. The summed E-state index contributed by atoms with van der Waals surface area (Å²) in [7, 11) is 0. The summed E-state index contributed by atoms with van der Waals surface area (Å²) in [4.78, 5) is 0. The van der Waals surface area contributed by atoms with Crippen molar-refractivity contribution in [3.05, 3.63) is 0 Å². The summed E-state index contributed by atoms with van der Waals surface area (Å²) < 4.78 is 24.6. The van der Waals surface area contributed by atoms with Crippen molar-refractivity contribution >= 4 is 0 Å². The van der Waals surface area contributed by atoms with Gasteiger partial charge in [0.15, 0.2) is 0 Å². The van der Waals surface area contributed by atoms with Crippen LogP contribution in [-0.4, -0.2) is 12.5 Å². The highest BCUT2D eigenvalue weighted by atomic mass is 19.3. The molecule has 12 heavy (non-hydrogen) atoms. The van der Waals surface area contributed by atoms with Gasteiger partial charge in [-0.25, -0.2) is 8.78 Å². The molecule has 2 fully saturated rings. The SMILES string of the molecule is NC(C(F)F)C1CC2CCC1C2. The molecule has 2 aliphatic carbocycles. The smallest absolute Gasteiger partial charge is 0.253 e. The van der Waals surface area contributed by atoms with E-state index >= 15 is 0 Å². The molecule has 2 aliphatic rings. The highest BCUT2D eigenvalue weighted by Crippen LogP contribution is 2.49. The van der Waals surface area contributed by atoms with E-state index in [1.54, 1.807) is 0 Å². The van der Waals surface area contributed by atoms with E-state index in [-0.39, 0.29) is 5.92 Å². The molecule has 0 aromatic carbocycles. The lowest BCUT2D eigenvalue weighted by Crippen LogP contribution is -2.39. The minimum absolute atomic E-state index is 0.115. The normalized spacial score (nSPS) is 42.5. The summed E-state index contributed by atoms with van der Waals surface area (Å²) in [5, 5.41) is 0. The molecule has 4 unspecified atom stereocenters. The van der Waals surface area contributed by atoms with Crippen LogP contribution in [0, 0.1) is 17.8 Å². The molecule has 3 heteroatoms. The van der Waals surface area contributed by atoms with Crippen LogP contribution in [0.25, 0.3) is 0 Å². The van der Waals surface area contributed by atoms with Crippen molar-refractivity contribution in [3.8, 4) is 0 Å². The second-order valence-electron chi connectivity index (χ2n) is 4.25. The van der Waals surface area contributed by atoms with E-state index in [0.717, 1.165) is 19.3 Å². The van der Waals surface area contributed by atoms with Crippen LogP contribution in [0.1, 0.15) is 25.7 Å². The Hall–Kier alpha value is -0.180. The first-order chi connectivity index (χ1) is 5.68. The predicted octanol–water partition coefficient (Wildman–Crippen LogP) is 2.02. The second-order valence-corrected chi connectivity index (χ2v) is 4.25. The fourth-order valence-corrected chi connectivity index (χ4v) is 2.95. The van der Waals surface area contributed by atoms with E-state index < -0.39 is 12.5 Å². The van der Waals surface area contributed by atoms with Gasteiger partial charge < -0.3 is 5.73 Å². The molecule has 2 N–H and O–H groups in total. The van der Waals surface area contributed by atoms with Crippen molar-refractivity contribution in [3.63, 3.8) is 0 Å². The molecule has 0 spiro atoms. The molecule has 1 nitrogen and oxygen atoms in total. The van der Waals surface area contributed by atoms with Crippen molar-refractivity contribution in [2.45, 2.75) is 38.2 Å². The maximum atomic E-state index is 12.3. The zero-order valence-electron chi connectivity index (χ0n) is 7.05. The summed E-state index contributed by atoms with van der Waals surface area (Å²) in [6.45, 7) is 0. The lowest BCUT2D eigenvalue weighted by molar-refractivity contribution is 0.0719. The van der Waals surface area contributed by atoms with Crippen molar-refractivity contribution in [2.24, 2.45) is 23.5 Å². The summed E-state index contributed by atoms with van der Waals surface area (Å²) in [6.07, 6.45) is 2.17. The molecule has 0 saturated heterocycles. The van der Waals surface area contributed by atoms with Crippen molar-refractivity contribution in [1.82, 2.24) is 0 Å². The van der Waals surface area contributed by atoms with E-state index in [9.17, 15) is 8.78 Å². The highest BCUT2D eigenvalue weighted by Gasteiger charge is 2.44. The quantitative estimate of drug-likeness (QED) is 0.682. The summed E-state index contributed by atoms with van der Waals surface area (Å²) in [5.41, 5.74) is 5.46. The Morgan fingerprint density at radius 3 is 2.33 bits per heavy atom. The molecule has 0 aromatic rings. The molecule has 2 bridgehead atoms.